The second kappa shape index (κ2) is 4.31. The number of anilines is 1. The lowest BCUT2D eigenvalue weighted by Crippen LogP contribution is -2.33. The van der Waals surface area contributed by atoms with Gasteiger partial charge >= 0.3 is 0 Å². The second-order valence-corrected chi connectivity index (χ2v) is 3.77. The third-order valence-corrected chi connectivity index (χ3v) is 2.76. The predicted octanol–water partition coefficient (Wildman–Crippen LogP) is 2.23. The van der Waals surface area contributed by atoms with E-state index in [-0.39, 0.29) is 24.1 Å². The quantitative estimate of drug-likeness (QED) is 0.764. The summed E-state index contributed by atoms with van der Waals surface area (Å²) in [5.41, 5.74) is 0.283. The summed E-state index contributed by atoms with van der Waals surface area (Å²) in [5, 5.41) is 8.67. The maximum Gasteiger partial charge on any atom is 0.227 e. The number of benzene rings is 1. The molecule has 1 unspecified atom stereocenters. The minimum Gasteiger partial charge on any atom is -0.305 e. The number of hydrogen-bond acceptors (Lipinski definition) is 2. The van der Waals surface area contributed by atoms with E-state index in [0.29, 0.717) is 12.8 Å². The van der Waals surface area contributed by atoms with Crippen LogP contribution in [0.3, 0.4) is 0 Å². The van der Waals surface area contributed by atoms with E-state index in [1.165, 1.54) is 11.0 Å². The highest BCUT2D eigenvalue weighted by atomic mass is 19.1. The molecular weight excluding hydrogens is 207 g/mol. The lowest BCUT2D eigenvalue weighted by Gasteiger charge is -2.23. The lowest BCUT2D eigenvalue weighted by molar-refractivity contribution is -0.117. The summed E-state index contributed by atoms with van der Waals surface area (Å²) >= 11 is 0. The first-order valence-electron chi connectivity index (χ1n) is 5.17. The number of hydrogen-bond donors (Lipinski definition) is 0. The van der Waals surface area contributed by atoms with Gasteiger partial charge in [-0.25, -0.2) is 4.39 Å². The van der Waals surface area contributed by atoms with Crippen molar-refractivity contribution in [3.63, 3.8) is 0 Å². The number of carbonyl (C=O) groups excluding carboxylic acids is 1. The van der Waals surface area contributed by atoms with Crippen LogP contribution >= 0.6 is 0 Å². The number of amides is 1. The summed E-state index contributed by atoms with van der Waals surface area (Å²) in [7, 11) is 0. The summed E-state index contributed by atoms with van der Waals surface area (Å²) in [4.78, 5) is 13.1. The van der Waals surface area contributed by atoms with Gasteiger partial charge in [-0.05, 0) is 18.6 Å². The van der Waals surface area contributed by atoms with Gasteiger partial charge in [-0.15, -0.1) is 0 Å². The van der Waals surface area contributed by atoms with Gasteiger partial charge in [0, 0.05) is 6.42 Å². The number of nitrogens with zero attached hydrogens (tertiary/aromatic N) is 2. The van der Waals surface area contributed by atoms with Crippen LogP contribution in [-0.2, 0) is 4.79 Å². The molecule has 1 saturated heterocycles. The SMILES string of the molecule is N#CCC1CCC(=O)N1c1ccccc1F. The van der Waals surface area contributed by atoms with E-state index >= 15 is 0 Å². The number of nitriles is 1. The molecule has 1 heterocycles. The van der Waals surface area contributed by atoms with Crippen LogP contribution in [0.2, 0.25) is 0 Å². The summed E-state index contributed by atoms with van der Waals surface area (Å²) in [6.45, 7) is 0. The van der Waals surface area contributed by atoms with E-state index in [9.17, 15) is 9.18 Å². The van der Waals surface area contributed by atoms with Crippen molar-refractivity contribution in [2.75, 3.05) is 4.90 Å². The van der Waals surface area contributed by atoms with Gasteiger partial charge in [-0.3, -0.25) is 4.79 Å². The van der Waals surface area contributed by atoms with Crippen LogP contribution in [0.25, 0.3) is 0 Å². The highest BCUT2D eigenvalue weighted by Gasteiger charge is 2.33. The molecular formula is C12H11FN2O. The standard InChI is InChI=1S/C12H11FN2O/c13-10-3-1-2-4-11(10)15-9(7-8-14)5-6-12(15)16/h1-4,9H,5-7H2. The molecule has 0 aromatic heterocycles. The van der Waals surface area contributed by atoms with Gasteiger partial charge in [0.25, 0.3) is 0 Å². The Balaban J connectivity index is 2.34. The van der Waals surface area contributed by atoms with Gasteiger partial charge in [0.2, 0.25) is 5.91 Å². The fourth-order valence-corrected chi connectivity index (χ4v) is 2.02. The summed E-state index contributed by atoms with van der Waals surface area (Å²) in [6, 6.07) is 8.01. The first-order valence-corrected chi connectivity index (χ1v) is 5.17. The van der Waals surface area contributed by atoms with Crippen LogP contribution in [0.5, 0.6) is 0 Å². The molecule has 0 saturated carbocycles. The van der Waals surface area contributed by atoms with Gasteiger partial charge < -0.3 is 4.90 Å². The fraction of sp³-hybridized carbons (Fsp3) is 0.333. The molecule has 1 aliphatic heterocycles. The highest BCUT2D eigenvalue weighted by molar-refractivity contribution is 5.96. The zero-order chi connectivity index (χ0) is 11.5. The van der Waals surface area contributed by atoms with Crippen LogP contribution in [0.4, 0.5) is 10.1 Å². The van der Waals surface area contributed by atoms with Gasteiger partial charge in [-0.1, -0.05) is 12.1 Å². The van der Waals surface area contributed by atoms with Crippen molar-refractivity contribution in [2.24, 2.45) is 0 Å². The van der Waals surface area contributed by atoms with E-state index in [0.717, 1.165) is 0 Å². The van der Waals surface area contributed by atoms with E-state index in [1.54, 1.807) is 18.2 Å². The van der Waals surface area contributed by atoms with Gasteiger partial charge in [-0.2, -0.15) is 5.26 Å². The number of para-hydroxylation sites is 1. The molecule has 1 atom stereocenters. The summed E-state index contributed by atoms with van der Waals surface area (Å²) < 4.78 is 13.6. The molecule has 4 heteroatoms. The summed E-state index contributed by atoms with van der Waals surface area (Å²) in [5.74, 6) is -0.522. The summed E-state index contributed by atoms with van der Waals surface area (Å²) in [6.07, 6.45) is 1.27. The van der Waals surface area contributed by atoms with E-state index < -0.39 is 5.82 Å². The Morgan fingerprint density at radius 3 is 2.94 bits per heavy atom. The van der Waals surface area contributed by atoms with Crippen molar-refractivity contribution in [3.05, 3.63) is 30.1 Å². The van der Waals surface area contributed by atoms with Gasteiger partial charge in [0.05, 0.1) is 24.2 Å². The average Bonchev–Trinajstić information content (AvgIpc) is 2.62. The van der Waals surface area contributed by atoms with Gasteiger partial charge in [0.1, 0.15) is 5.82 Å². The van der Waals surface area contributed by atoms with Crippen molar-refractivity contribution >= 4 is 11.6 Å². The van der Waals surface area contributed by atoms with Crippen molar-refractivity contribution in [3.8, 4) is 6.07 Å². The van der Waals surface area contributed by atoms with E-state index in [1.807, 2.05) is 6.07 Å². The largest absolute Gasteiger partial charge is 0.305 e. The molecule has 1 aromatic rings. The van der Waals surface area contributed by atoms with Crippen molar-refractivity contribution in [1.82, 2.24) is 0 Å². The first-order chi connectivity index (χ1) is 7.74. The molecule has 82 valence electrons. The Labute approximate surface area is 93.1 Å². The van der Waals surface area contributed by atoms with Crippen LogP contribution in [0, 0.1) is 17.1 Å². The fourth-order valence-electron chi connectivity index (χ4n) is 2.02. The lowest BCUT2D eigenvalue weighted by atomic mass is 10.1. The molecule has 1 aliphatic rings. The second-order valence-electron chi connectivity index (χ2n) is 3.77. The zero-order valence-corrected chi connectivity index (χ0v) is 8.69. The average molecular weight is 218 g/mol. The van der Waals surface area contributed by atoms with E-state index in [4.69, 9.17) is 5.26 Å². The monoisotopic (exact) mass is 218 g/mol. The number of rotatable bonds is 2. The third-order valence-electron chi connectivity index (χ3n) is 2.76. The molecule has 1 amide bonds. The number of halogens is 1. The maximum absolute atomic E-state index is 13.6. The Kier molecular flexibility index (Phi) is 2.86. The van der Waals surface area contributed by atoms with Crippen LogP contribution in [0.1, 0.15) is 19.3 Å². The van der Waals surface area contributed by atoms with Crippen molar-refractivity contribution in [2.45, 2.75) is 25.3 Å². The molecule has 0 bridgehead atoms. The van der Waals surface area contributed by atoms with Crippen LogP contribution in [0.15, 0.2) is 24.3 Å². The maximum atomic E-state index is 13.6. The molecule has 0 spiro atoms. The van der Waals surface area contributed by atoms with Gasteiger partial charge in [0.15, 0.2) is 0 Å². The normalized spacial score (nSPS) is 19.9. The molecule has 3 nitrogen and oxygen atoms in total. The predicted molar refractivity (Wildman–Crippen MR) is 57.1 cm³/mol. The van der Waals surface area contributed by atoms with Crippen LogP contribution < -0.4 is 4.90 Å². The number of carbonyl (C=O) groups is 1. The third kappa shape index (κ3) is 1.76. The van der Waals surface area contributed by atoms with Crippen molar-refractivity contribution < 1.29 is 9.18 Å². The Morgan fingerprint density at radius 2 is 2.25 bits per heavy atom. The minimum absolute atomic E-state index is 0.106. The molecule has 0 aliphatic carbocycles. The Hall–Kier alpha value is -1.89. The molecule has 1 aromatic carbocycles. The molecule has 16 heavy (non-hydrogen) atoms. The molecule has 0 radical (unpaired) electrons. The molecule has 1 fully saturated rings. The van der Waals surface area contributed by atoms with Crippen molar-refractivity contribution in [1.29, 1.82) is 5.26 Å². The highest BCUT2D eigenvalue weighted by Crippen LogP contribution is 2.29. The van der Waals surface area contributed by atoms with Crippen LogP contribution in [-0.4, -0.2) is 11.9 Å². The molecule has 2 rings (SSSR count). The zero-order valence-electron chi connectivity index (χ0n) is 8.69. The smallest absolute Gasteiger partial charge is 0.227 e. The first kappa shape index (κ1) is 10.6. The topological polar surface area (TPSA) is 44.1 Å². The Morgan fingerprint density at radius 1 is 1.50 bits per heavy atom. The minimum atomic E-state index is -0.416. The Bertz CT molecular complexity index is 453. The van der Waals surface area contributed by atoms with E-state index in [2.05, 4.69) is 0 Å². The molecule has 0 N–H and O–H groups in total.